The van der Waals surface area contributed by atoms with Crippen LogP contribution in [0.1, 0.15) is 24.2 Å². The summed E-state index contributed by atoms with van der Waals surface area (Å²) in [5.41, 5.74) is 0.233. The van der Waals surface area contributed by atoms with Gasteiger partial charge in [0, 0.05) is 0 Å². The Morgan fingerprint density at radius 3 is 2.73 bits per heavy atom. The second-order valence-electron chi connectivity index (χ2n) is 3.62. The molecule has 0 aliphatic carbocycles. The van der Waals surface area contributed by atoms with Gasteiger partial charge in [0.2, 0.25) is 0 Å². The third-order valence-corrected chi connectivity index (χ3v) is 2.35. The van der Waals surface area contributed by atoms with Crippen molar-refractivity contribution in [1.82, 2.24) is 0 Å². The molecule has 0 unspecified atom stereocenters. The van der Waals surface area contributed by atoms with E-state index in [1.54, 1.807) is 0 Å². The summed E-state index contributed by atoms with van der Waals surface area (Å²) in [5, 5.41) is 0. The van der Waals surface area contributed by atoms with Crippen molar-refractivity contribution in [2.24, 2.45) is 5.92 Å². The van der Waals surface area contributed by atoms with E-state index in [1.807, 2.05) is 13.8 Å². The molecule has 0 heterocycles. The molecule has 0 aliphatic heterocycles. The number of carbonyl (C=O) groups is 1. The van der Waals surface area contributed by atoms with Gasteiger partial charge in [0.25, 0.3) is 0 Å². The van der Waals surface area contributed by atoms with E-state index in [2.05, 4.69) is 15.9 Å². The van der Waals surface area contributed by atoms with Crippen LogP contribution in [0.2, 0.25) is 0 Å². The number of rotatable bonds is 3. The molecule has 0 bridgehead atoms. The van der Waals surface area contributed by atoms with Crippen molar-refractivity contribution in [3.63, 3.8) is 0 Å². The van der Waals surface area contributed by atoms with Crippen LogP contribution in [0.15, 0.2) is 22.7 Å². The van der Waals surface area contributed by atoms with Crippen molar-refractivity contribution in [2.45, 2.75) is 13.8 Å². The minimum absolute atomic E-state index is 0.233. The van der Waals surface area contributed by atoms with Crippen molar-refractivity contribution < 1.29 is 13.9 Å². The quantitative estimate of drug-likeness (QED) is 0.790. The summed E-state index contributed by atoms with van der Waals surface area (Å²) >= 11 is 3.01. The van der Waals surface area contributed by atoms with E-state index in [9.17, 15) is 9.18 Å². The third kappa shape index (κ3) is 3.63. The van der Waals surface area contributed by atoms with E-state index in [4.69, 9.17) is 4.74 Å². The molecular weight excluding hydrogens is 263 g/mol. The monoisotopic (exact) mass is 274 g/mol. The lowest BCUT2D eigenvalue weighted by Crippen LogP contribution is -2.10. The lowest BCUT2D eigenvalue weighted by molar-refractivity contribution is 0.0458. The zero-order chi connectivity index (χ0) is 11.4. The van der Waals surface area contributed by atoms with Crippen LogP contribution in [0.4, 0.5) is 4.39 Å². The van der Waals surface area contributed by atoms with Crippen molar-refractivity contribution in [1.29, 1.82) is 0 Å². The minimum atomic E-state index is -0.491. The first-order valence-electron chi connectivity index (χ1n) is 4.63. The maximum atomic E-state index is 13.1. The lowest BCUT2D eigenvalue weighted by Gasteiger charge is -2.07. The normalized spacial score (nSPS) is 10.5. The Morgan fingerprint density at radius 1 is 1.53 bits per heavy atom. The first-order chi connectivity index (χ1) is 7.00. The highest BCUT2D eigenvalue weighted by Crippen LogP contribution is 2.17. The summed E-state index contributed by atoms with van der Waals surface area (Å²) in [6.07, 6.45) is 0. The fraction of sp³-hybridized carbons (Fsp3) is 0.364. The van der Waals surface area contributed by atoms with E-state index in [0.717, 1.165) is 6.07 Å². The largest absolute Gasteiger partial charge is 0.462 e. The lowest BCUT2D eigenvalue weighted by atomic mass is 10.2. The Labute approximate surface area is 96.6 Å². The average Bonchev–Trinajstić information content (AvgIpc) is 2.18. The summed E-state index contributed by atoms with van der Waals surface area (Å²) in [4.78, 5) is 11.4. The standard InChI is InChI=1S/C11H12BrFO2/c1-7(2)6-15-11(14)8-3-4-9(12)10(13)5-8/h3-5,7H,6H2,1-2H3. The molecule has 0 atom stereocenters. The number of carbonyl (C=O) groups excluding carboxylic acids is 1. The van der Waals surface area contributed by atoms with Gasteiger partial charge in [0.05, 0.1) is 16.6 Å². The fourth-order valence-corrected chi connectivity index (χ4v) is 1.20. The molecule has 0 saturated heterocycles. The van der Waals surface area contributed by atoms with Crippen molar-refractivity contribution in [2.75, 3.05) is 6.61 Å². The molecule has 0 aromatic heterocycles. The van der Waals surface area contributed by atoms with E-state index in [-0.39, 0.29) is 11.5 Å². The van der Waals surface area contributed by atoms with Crippen LogP contribution in [0.5, 0.6) is 0 Å². The molecule has 0 amide bonds. The SMILES string of the molecule is CC(C)COC(=O)c1ccc(Br)c(F)c1. The van der Waals surface area contributed by atoms with Crippen LogP contribution in [0, 0.1) is 11.7 Å². The van der Waals surface area contributed by atoms with Crippen LogP contribution < -0.4 is 0 Å². The Bertz CT molecular complexity index is 364. The highest BCUT2D eigenvalue weighted by molar-refractivity contribution is 9.10. The smallest absolute Gasteiger partial charge is 0.338 e. The molecule has 1 aromatic rings. The molecule has 0 aliphatic rings. The molecule has 0 fully saturated rings. The average molecular weight is 275 g/mol. The van der Waals surface area contributed by atoms with Crippen LogP contribution in [-0.2, 0) is 4.74 Å². The molecule has 1 rings (SSSR count). The summed E-state index contributed by atoms with van der Waals surface area (Å²) in [6.45, 7) is 4.22. The molecule has 0 saturated carbocycles. The number of hydrogen-bond acceptors (Lipinski definition) is 2. The predicted molar refractivity (Wildman–Crippen MR) is 59.2 cm³/mol. The minimum Gasteiger partial charge on any atom is -0.462 e. The topological polar surface area (TPSA) is 26.3 Å². The number of esters is 1. The Balaban J connectivity index is 2.70. The van der Waals surface area contributed by atoms with Crippen molar-refractivity contribution >= 4 is 21.9 Å². The van der Waals surface area contributed by atoms with Gasteiger partial charge in [-0.2, -0.15) is 0 Å². The first-order valence-corrected chi connectivity index (χ1v) is 5.42. The zero-order valence-corrected chi connectivity index (χ0v) is 10.2. The summed E-state index contributed by atoms with van der Waals surface area (Å²) in [6, 6.07) is 4.17. The van der Waals surface area contributed by atoms with E-state index in [0.29, 0.717) is 11.1 Å². The van der Waals surface area contributed by atoms with Gasteiger partial charge in [-0.05, 0) is 40.0 Å². The number of ether oxygens (including phenoxy) is 1. The number of halogens is 2. The van der Waals surface area contributed by atoms with Crippen molar-refractivity contribution in [3.8, 4) is 0 Å². The van der Waals surface area contributed by atoms with Gasteiger partial charge in [-0.1, -0.05) is 13.8 Å². The van der Waals surface area contributed by atoms with Crippen molar-refractivity contribution in [3.05, 3.63) is 34.1 Å². The summed E-state index contributed by atoms with van der Waals surface area (Å²) in [7, 11) is 0. The summed E-state index contributed by atoms with van der Waals surface area (Å²) in [5.74, 6) is -0.682. The molecule has 0 N–H and O–H groups in total. The summed E-state index contributed by atoms with van der Waals surface area (Å²) < 4.78 is 18.4. The van der Waals surface area contributed by atoms with E-state index in [1.165, 1.54) is 12.1 Å². The Kier molecular flexibility index (Phi) is 4.27. The molecule has 15 heavy (non-hydrogen) atoms. The molecule has 82 valence electrons. The van der Waals surface area contributed by atoms with Crippen LogP contribution in [0.25, 0.3) is 0 Å². The van der Waals surface area contributed by atoms with E-state index >= 15 is 0 Å². The van der Waals surface area contributed by atoms with Crippen LogP contribution in [-0.4, -0.2) is 12.6 Å². The van der Waals surface area contributed by atoms with Crippen LogP contribution in [0.3, 0.4) is 0 Å². The van der Waals surface area contributed by atoms with Gasteiger partial charge in [0.15, 0.2) is 0 Å². The number of benzene rings is 1. The molecule has 4 heteroatoms. The van der Waals surface area contributed by atoms with Gasteiger partial charge in [-0.25, -0.2) is 9.18 Å². The molecule has 0 spiro atoms. The maximum Gasteiger partial charge on any atom is 0.338 e. The third-order valence-electron chi connectivity index (χ3n) is 1.70. The van der Waals surface area contributed by atoms with Gasteiger partial charge < -0.3 is 4.74 Å². The van der Waals surface area contributed by atoms with Gasteiger partial charge in [-0.3, -0.25) is 0 Å². The molecule has 0 radical (unpaired) electrons. The van der Waals surface area contributed by atoms with E-state index < -0.39 is 11.8 Å². The number of hydrogen-bond donors (Lipinski definition) is 0. The molecule has 1 aromatic carbocycles. The Hall–Kier alpha value is -0.900. The molecule has 2 nitrogen and oxygen atoms in total. The zero-order valence-electron chi connectivity index (χ0n) is 8.59. The van der Waals surface area contributed by atoms with Gasteiger partial charge in [-0.15, -0.1) is 0 Å². The van der Waals surface area contributed by atoms with Crippen LogP contribution >= 0.6 is 15.9 Å². The fourth-order valence-electron chi connectivity index (χ4n) is 0.949. The first kappa shape index (κ1) is 12.2. The maximum absolute atomic E-state index is 13.1. The molecular formula is C11H12BrFO2. The Morgan fingerprint density at radius 2 is 2.20 bits per heavy atom. The second-order valence-corrected chi connectivity index (χ2v) is 4.48. The second kappa shape index (κ2) is 5.26. The highest BCUT2D eigenvalue weighted by Gasteiger charge is 2.10. The van der Waals surface area contributed by atoms with Gasteiger partial charge >= 0.3 is 5.97 Å². The predicted octanol–water partition coefficient (Wildman–Crippen LogP) is 3.40. The highest BCUT2D eigenvalue weighted by atomic mass is 79.9. The van der Waals surface area contributed by atoms with Gasteiger partial charge in [0.1, 0.15) is 5.82 Å².